The van der Waals surface area contributed by atoms with Crippen LogP contribution in [0.15, 0.2) is 12.4 Å². The van der Waals surface area contributed by atoms with Gasteiger partial charge in [0.2, 0.25) is 0 Å². The third-order valence-electron chi connectivity index (χ3n) is 2.47. The first-order chi connectivity index (χ1) is 8.49. The molecule has 0 fully saturated rings. The standard InChI is InChI=1S/C13H22N4O/c1-5-6-15-13(4,9-14)10-17-8-12(7-16-17)18-11(2)3/h7-8,11,15H,5-6,10H2,1-4H3. The van der Waals surface area contributed by atoms with E-state index in [0.717, 1.165) is 18.7 Å². The molecule has 1 rings (SSSR count). The van der Waals surface area contributed by atoms with E-state index in [9.17, 15) is 5.26 Å². The Kier molecular flexibility index (Phi) is 5.17. The average Bonchev–Trinajstić information content (AvgIpc) is 2.73. The van der Waals surface area contributed by atoms with Gasteiger partial charge in [0.25, 0.3) is 0 Å². The molecular weight excluding hydrogens is 228 g/mol. The molecule has 1 unspecified atom stereocenters. The van der Waals surface area contributed by atoms with E-state index in [0.29, 0.717) is 6.54 Å². The number of hydrogen-bond donors (Lipinski definition) is 1. The number of ether oxygens (including phenoxy) is 1. The third kappa shape index (κ3) is 4.38. The van der Waals surface area contributed by atoms with E-state index in [1.807, 2.05) is 27.0 Å². The number of nitriles is 1. The van der Waals surface area contributed by atoms with Crippen molar-refractivity contribution in [2.75, 3.05) is 6.54 Å². The Morgan fingerprint density at radius 2 is 2.33 bits per heavy atom. The van der Waals surface area contributed by atoms with E-state index < -0.39 is 5.54 Å². The Bertz CT molecular complexity index is 407. The number of aromatic nitrogens is 2. The highest BCUT2D eigenvalue weighted by atomic mass is 16.5. The molecule has 0 saturated carbocycles. The molecule has 1 heterocycles. The van der Waals surface area contributed by atoms with Gasteiger partial charge in [-0.1, -0.05) is 6.92 Å². The molecule has 1 atom stereocenters. The molecule has 0 spiro atoms. The van der Waals surface area contributed by atoms with Crippen LogP contribution in [-0.4, -0.2) is 28.0 Å². The fraction of sp³-hybridized carbons (Fsp3) is 0.692. The van der Waals surface area contributed by atoms with Gasteiger partial charge >= 0.3 is 0 Å². The van der Waals surface area contributed by atoms with E-state index in [2.05, 4.69) is 23.4 Å². The zero-order chi connectivity index (χ0) is 13.6. The molecule has 0 amide bonds. The predicted octanol–water partition coefficient (Wildman–Crippen LogP) is 1.95. The summed E-state index contributed by atoms with van der Waals surface area (Å²) in [6, 6.07) is 2.30. The van der Waals surface area contributed by atoms with Gasteiger partial charge in [0.05, 0.1) is 31.1 Å². The summed E-state index contributed by atoms with van der Waals surface area (Å²) in [5, 5.41) is 16.7. The molecule has 0 aromatic carbocycles. The quantitative estimate of drug-likeness (QED) is 0.803. The molecule has 0 radical (unpaired) electrons. The molecule has 5 heteroatoms. The van der Waals surface area contributed by atoms with Gasteiger partial charge in [-0.3, -0.25) is 10.00 Å². The van der Waals surface area contributed by atoms with E-state index in [1.54, 1.807) is 10.9 Å². The van der Waals surface area contributed by atoms with Crippen molar-refractivity contribution in [1.29, 1.82) is 5.26 Å². The van der Waals surface area contributed by atoms with Crippen LogP contribution in [0.5, 0.6) is 5.75 Å². The minimum Gasteiger partial charge on any atom is -0.488 e. The highest BCUT2D eigenvalue weighted by Crippen LogP contribution is 2.13. The summed E-state index contributed by atoms with van der Waals surface area (Å²) in [7, 11) is 0. The van der Waals surface area contributed by atoms with Crippen LogP contribution >= 0.6 is 0 Å². The molecule has 1 aromatic rings. The van der Waals surface area contributed by atoms with Crippen molar-refractivity contribution < 1.29 is 4.74 Å². The van der Waals surface area contributed by atoms with Gasteiger partial charge in [0.15, 0.2) is 5.75 Å². The van der Waals surface area contributed by atoms with Crippen LogP contribution in [0.2, 0.25) is 0 Å². The summed E-state index contributed by atoms with van der Waals surface area (Å²) in [5.41, 5.74) is -0.600. The van der Waals surface area contributed by atoms with Gasteiger partial charge in [-0.05, 0) is 33.7 Å². The normalized spacial score (nSPS) is 14.2. The first kappa shape index (κ1) is 14.5. The van der Waals surface area contributed by atoms with E-state index in [1.165, 1.54) is 0 Å². The maximum Gasteiger partial charge on any atom is 0.157 e. The lowest BCUT2D eigenvalue weighted by molar-refractivity contribution is 0.242. The highest BCUT2D eigenvalue weighted by molar-refractivity contribution is 5.13. The lowest BCUT2D eigenvalue weighted by atomic mass is 10.1. The summed E-state index contributed by atoms with van der Waals surface area (Å²) < 4.78 is 7.28. The molecule has 18 heavy (non-hydrogen) atoms. The van der Waals surface area contributed by atoms with Crippen molar-refractivity contribution >= 4 is 0 Å². The summed E-state index contributed by atoms with van der Waals surface area (Å²) >= 11 is 0. The first-order valence-corrected chi connectivity index (χ1v) is 6.34. The SMILES string of the molecule is CCCNC(C)(C#N)Cn1cc(OC(C)C)cn1. The van der Waals surface area contributed by atoms with Crippen molar-refractivity contribution in [1.82, 2.24) is 15.1 Å². The van der Waals surface area contributed by atoms with Crippen molar-refractivity contribution in [3.8, 4) is 11.8 Å². The second-order valence-electron chi connectivity index (χ2n) is 4.91. The van der Waals surface area contributed by atoms with Crippen LogP contribution in [0, 0.1) is 11.3 Å². The minimum atomic E-state index is -0.600. The van der Waals surface area contributed by atoms with Crippen LogP contribution < -0.4 is 10.1 Å². The molecule has 0 aliphatic carbocycles. The topological polar surface area (TPSA) is 62.9 Å². The van der Waals surface area contributed by atoms with Crippen LogP contribution in [0.1, 0.15) is 34.1 Å². The highest BCUT2D eigenvalue weighted by Gasteiger charge is 2.23. The predicted molar refractivity (Wildman–Crippen MR) is 70.3 cm³/mol. The lowest BCUT2D eigenvalue weighted by Crippen LogP contribution is -2.45. The lowest BCUT2D eigenvalue weighted by Gasteiger charge is -2.22. The van der Waals surface area contributed by atoms with Gasteiger partial charge in [-0.15, -0.1) is 0 Å². The largest absolute Gasteiger partial charge is 0.488 e. The van der Waals surface area contributed by atoms with E-state index in [4.69, 9.17) is 4.74 Å². The Hall–Kier alpha value is -1.54. The monoisotopic (exact) mass is 250 g/mol. The molecule has 1 aromatic heterocycles. The average molecular weight is 250 g/mol. The third-order valence-corrected chi connectivity index (χ3v) is 2.47. The van der Waals surface area contributed by atoms with Gasteiger partial charge < -0.3 is 4.74 Å². The molecule has 0 aliphatic heterocycles. The summed E-state index contributed by atoms with van der Waals surface area (Å²) in [4.78, 5) is 0. The number of nitrogens with zero attached hydrogens (tertiary/aromatic N) is 3. The summed E-state index contributed by atoms with van der Waals surface area (Å²) in [6.45, 7) is 9.23. The van der Waals surface area contributed by atoms with Crippen LogP contribution in [0.3, 0.4) is 0 Å². The van der Waals surface area contributed by atoms with Gasteiger partial charge in [0, 0.05) is 0 Å². The van der Waals surface area contributed by atoms with Gasteiger partial charge in [-0.2, -0.15) is 10.4 Å². The van der Waals surface area contributed by atoms with Crippen LogP contribution in [-0.2, 0) is 6.54 Å². The second-order valence-corrected chi connectivity index (χ2v) is 4.91. The zero-order valence-electron chi connectivity index (χ0n) is 11.6. The molecule has 5 nitrogen and oxygen atoms in total. The van der Waals surface area contributed by atoms with Gasteiger partial charge in [-0.25, -0.2) is 0 Å². The molecule has 1 N–H and O–H groups in total. The number of hydrogen-bond acceptors (Lipinski definition) is 4. The van der Waals surface area contributed by atoms with E-state index >= 15 is 0 Å². The maximum absolute atomic E-state index is 9.24. The van der Waals surface area contributed by atoms with Crippen molar-refractivity contribution in [3.05, 3.63) is 12.4 Å². The Morgan fingerprint density at radius 1 is 1.61 bits per heavy atom. The first-order valence-electron chi connectivity index (χ1n) is 6.34. The van der Waals surface area contributed by atoms with E-state index in [-0.39, 0.29) is 6.10 Å². The summed E-state index contributed by atoms with van der Waals surface area (Å²) in [5.74, 6) is 0.737. The number of nitrogens with one attached hydrogen (secondary N) is 1. The Balaban J connectivity index is 2.65. The van der Waals surface area contributed by atoms with Gasteiger partial charge in [0.1, 0.15) is 5.54 Å². The molecule has 0 saturated heterocycles. The fourth-order valence-corrected chi connectivity index (χ4v) is 1.62. The second kappa shape index (κ2) is 6.41. The van der Waals surface area contributed by atoms with Crippen molar-refractivity contribution in [2.24, 2.45) is 0 Å². The number of rotatable bonds is 7. The Labute approximate surface area is 109 Å². The minimum absolute atomic E-state index is 0.128. The molecular formula is C13H22N4O. The van der Waals surface area contributed by atoms with Crippen molar-refractivity contribution in [2.45, 2.75) is 52.3 Å². The fourth-order valence-electron chi connectivity index (χ4n) is 1.62. The zero-order valence-corrected chi connectivity index (χ0v) is 11.6. The summed E-state index contributed by atoms with van der Waals surface area (Å²) in [6.07, 6.45) is 4.63. The van der Waals surface area contributed by atoms with Crippen molar-refractivity contribution in [3.63, 3.8) is 0 Å². The molecule has 0 aliphatic rings. The molecule has 0 bridgehead atoms. The maximum atomic E-state index is 9.24. The molecule has 100 valence electrons. The van der Waals surface area contributed by atoms with Crippen LogP contribution in [0.4, 0.5) is 0 Å². The van der Waals surface area contributed by atoms with Crippen LogP contribution in [0.25, 0.3) is 0 Å². The smallest absolute Gasteiger partial charge is 0.157 e. The Morgan fingerprint density at radius 3 is 2.89 bits per heavy atom.